The summed E-state index contributed by atoms with van der Waals surface area (Å²) in [7, 11) is 0. The third kappa shape index (κ3) is 3.92. The molecule has 1 unspecified atom stereocenters. The molecule has 1 aromatic heterocycles. The second-order valence-corrected chi connectivity index (χ2v) is 10.1. The van der Waals surface area contributed by atoms with Crippen LogP contribution in [-0.2, 0) is 6.54 Å². The molecule has 0 radical (unpaired) electrons. The van der Waals surface area contributed by atoms with Crippen LogP contribution in [0.3, 0.4) is 0 Å². The van der Waals surface area contributed by atoms with Crippen molar-refractivity contribution >= 4 is 16.9 Å². The number of carbonyl (C=O) groups is 1. The fourth-order valence-electron chi connectivity index (χ4n) is 6.05. The number of hydrogen-bond acceptors (Lipinski definition) is 5. The molecule has 0 saturated carbocycles. The Labute approximate surface area is 218 Å². The third-order valence-electron chi connectivity index (χ3n) is 7.86. The lowest BCUT2D eigenvalue weighted by Gasteiger charge is -2.38. The largest absolute Gasteiger partial charge is 0.333 e. The van der Waals surface area contributed by atoms with Gasteiger partial charge >= 0.3 is 0 Å². The Morgan fingerprint density at radius 1 is 1.03 bits per heavy atom. The molecule has 38 heavy (non-hydrogen) atoms. The van der Waals surface area contributed by atoms with E-state index in [0.29, 0.717) is 39.8 Å². The Hall–Kier alpha value is -4.16. The van der Waals surface area contributed by atoms with Crippen molar-refractivity contribution in [2.24, 2.45) is 5.73 Å². The number of nitrogens with two attached hydrogens (primary N) is 1. The molecular weight excluding hydrogens is 486 g/mol. The molecule has 3 heterocycles. The number of aromatic nitrogens is 3. The number of halogens is 2. The SMILES string of the molecule is CCn1nnc2cc(-c3ccc(C(=O)N4[C@@H]5CC[C@H]4CC(N)C5)cc3-c3ccc(C#N)c(F)c3)c(F)cc21. The summed E-state index contributed by atoms with van der Waals surface area (Å²) in [5.41, 5.74) is 9.33. The first-order valence-corrected chi connectivity index (χ1v) is 12.8. The molecule has 1 amide bonds. The standard InChI is InChI=1S/C29H26F2N6O/c1-2-36-28-14-26(31)24(13-27(28)34-35-36)22-8-5-17(9-23(22)16-3-4-18(15-32)25(30)10-16)29(38)37-20-6-7-21(37)12-19(33)11-20/h3-5,8-10,13-14,19-21H,2,6-7,11-12,33H2,1H3/t19?,20-,21+. The van der Waals surface area contributed by atoms with Crippen molar-refractivity contribution in [3.8, 4) is 28.3 Å². The van der Waals surface area contributed by atoms with Crippen molar-refractivity contribution < 1.29 is 13.6 Å². The summed E-state index contributed by atoms with van der Waals surface area (Å²) in [4.78, 5) is 15.7. The van der Waals surface area contributed by atoms with Gasteiger partial charge in [0.1, 0.15) is 23.2 Å². The zero-order valence-electron chi connectivity index (χ0n) is 20.9. The highest BCUT2D eigenvalue weighted by atomic mass is 19.1. The average molecular weight is 513 g/mol. The summed E-state index contributed by atoms with van der Waals surface area (Å²) >= 11 is 0. The highest BCUT2D eigenvalue weighted by molar-refractivity contribution is 5.99. The predicted molar refractivity (Wildman–Crippen MR) is 139 cm³/mol. The maximum absolute atomic E-state index is 15.5. The Balaban J connectivity index is 1.49. The van der Waals surface area contributed by atoms with Gasteiger partial charge in [-0.25, -0.2) is 13.5 Å². The molecule has 2 bridgehead atoms. The Kier molecular flexibility index (Phi) is 5.92. The van der Waals surface area contributed by atoms with Crippen molar-refractivity contribution in [1.29, 1.82) is 5.26 Å². The van der Waals surface area contributed by atoms with Gasteiger partial charge < -0.3 is 10.6 Å². The molecular formula is C29H26F2N6O. The number of aryl methyl sites for hydroxylation is 1. The minimum absolute atomic E-state index is 0.0902. The van der Waals surface area contributed by atoms with Crippen LogP contribution >= 0.6 is 0 Å². The molecule has 2 fully saturated rings. The van der Waals surface area contributed by atoms with Gasteiger partial charge in [0.25, 0.3) is 5.91 Å². The fraction of sp³-hybridized carbons (Fsp3) is 0.310. The minimum Gasteiger partial charge on any atom is -0.333 e. The number of amides is 1. The number of fused-ring (bicyclic) bond motifs is 3. The Bertz CT molecular complexity index is 1610. The molecule has 7 nitrogen and oxygen atoms in total. The maximum Gasteiger partial charge on any atom is 0.254 e. The molecule has 6 rings (SSSR count). The van der Waals surface area contributed by atoms with E-state index in [1.807, 2.05) is 17.9 Å². The molecule has 4 aromatic rings. The first kappa shape index (κ1) is 24.2. The maximum atomic E-state index is 15.5. The van der Waals surface area contributed by atoms with E-state index < -0.39 is 11.6 Å². The summed E-state index contributed by atoms with van der Waals surface area (Å²) in [5, 5.41) is 17.4. The number of nitrogens with zero attached hydrogens (tertiary/aromatic N) is 5. The Morgan fingerprint density at radius 3 is 2.47 bits per heavy atom. The van der Waals surface area contributed by atoms with Crippen molar-refractivity contribution in [1.82, 2.24) is 19.9 Å². The monoisotopic (exact) mass is 512 g/mol. The number of hydrogen-bond donors (Lipinski definition) is 1. The highest BCUT2D eigenvalue weighted by Crippen LogP contribution is 2.39. The van der Waals surface area contributed by atoms with Gasteiger partial charge in [-0.05, 0) is 79.6 Å². The Morgan fingerprint density at radius 2 is 1.79 bits per heavy atom. The highest BCUT2D eigenvalue weighted by Gasteiger charge is 2.42. The van der Waals surface area contributed by atoms with E-state index in [-0.39, 0.29) is 35.2 Å². The number of rotatable bonds is 4. The molecule has 2 saturated heterocycles. The quantitative estimate of drug-likeness (QED) is 0.413. The molecule has 0 spiro atoms. The summed E-state index contributed by atoms with van der Waals surface area (Å²) < 4.78 is 31.8. The first-order valence-electron chi connectivity index (χ1n) is 12.8. The smallest absolute Gasteiger partial charge is 0.254 e. The number of carbonyl (C=O) groups excluding carboxylic acids is 1. The van der Waals surface area contributed by atoms with Gasteiger partial charge in [0.15, 0.2) is 0 Å². The van der Waals surface area contributed by atoms with E-state index >= 15 is 4.39 Å². The van der Waals surface area contributed by atoms with Gasteiger partial charge in [-0.2, -0.15) is 5.26 Å². The van der Waals surface area contributed by atoms with Crippen LogP contribution in [0.15, 0.2) is 48.5 Å². The number of piperidine rings is 1. The van der Waals surface area contributed by atoms with Crippen molar-refractivity contribution in [2.75, 3.05) is 0 Å². The summed E-state index contributed by atoms with van der Waals surface area (Å²) in [5.74, 6) is -1.27. The van der Waals surface area contributed by atoms with Gasteiger partial charge in [-0.3, -0.25) is 4.79 Å². The topological polar surface area (TPSA) is 101 Å². The van der Waals surface area contributed by atoms with E-state index in [1.54, 1.807) is 35.0 Å². The molecule has 9 heteroatoms. The van der Waals surface area contributed by atoms with Crippen LogP contribution in [0.2, 0.25) is 0 Å². The zero-order valence-corrected chi connectivity index (χ0v) is 20.9. The van der Waals surface area contributed by atoms with Crippen LogP contribution in [0.5, 0.6) is 0 Å². The van der Waals surface area contributed by atoms with E-state index in [4.69, 9.17) is 5.73 Å². The number of benzene rings is 3. The van der Waals surface area contributed by atoms with Gasteiger partial charge in [0.2, 0.25) is 0 Å². The molecule has 0 aliphatic carbocycles. The lowest BCUT2D eigenvalue weighted by atomic mass is 9.90. The van der Waals surface area contributed by atoms with Crippen LogP contribution in [0.1, 0.15) is 48.5 Å². The molecule has 3 atom stereocenters. The van der Waals surface area contributed by atoms with E-state index in [0.717, 1.165) is 25.7 Å². The first-order chi connectivity index (χ1) is 18.4. The van der Waals surface area contributed by atoms with Crippen LogP contribution in [0, 0.1) is 23.0 Å². The second-order valence-electron chi connectivity index (χ2n) is 10.1. The summed E-state index contributed by atoms with van der Waals surface area (Å²) in [6.45, 7) is 2.45. The van der Waals surface area contributed by atoms with Gasteiger partial charge in [0.05, 0.1) is 11.1 Å². The van der Waals surface area contributed by atoms with Gasteiger partial charge in [0, 0.05) is 41.9 Å². The van der Waals surface area contributed by atoms with Crippen LogP contribution in [0.25, 0.3) is 33.3 Å². The molecule has 2 aliphatic heterocycles. The average Bonchev–Trinajstić information content (AvgIpc) is 3.44. The fourth-order valence-corrected chi connectivity index (χ4v) is 6.05. The summed E-state index contributed by atoms with van der Waals surface area (Å²) in [6.07, 6.45) is 3.41. The van der Waals surface area contributed by atoms with Gasteiger partial charge in [-0.15, -0.1) is 5.10 Å². The summed E-state index contributed by atoms with van der Waals surface area (Å²) in [6, 6.07) is 14.5. The molecule has 2 N–H and O–H groups in total. The van der Waals surface area contributed by atoms with Crippen molar-refractivity contribution in [2.45, 2.75) is 57.3 Å². The van der Waals surface area contributed by atoms with Crippen LogP contribution < -0.4 is 5.73 Å². The normalized spacial score (nSPS) is 20.6. The van der Waals surface area contributed by atoms with Crippen molar-refractivity contribution in [3.05, 3.63) is 71.3 Å². The molecule has 3 aromatic carbocycles. The predicted octanol–water partition coefficient (Wildman–Crippen LogP) is 5.03. The lowest BCUT2D eigenvalue weighted by molar-refractivity contribution is 0.0575. The lowest BCUT2D eigenvalue weighted by Crippen LogP contribution is -2.50. The molecule has 2 aliphatic rings. The van der Waals surface area contributed by atoms with Gasteiger partial charge in [-0.1, -0.05) is 17.3 Å². The van der Waals surface area contributed by atoms with E-state index in [1.165, 1.54) is 18.2 Å². The van der Waals surface area contributed by atoms with Crippen LogP contribution in [-0.4, -0.2) is 43.9 Å². The minimum atomic E-state index is -0.683. The van der Waals surface area contributed by atoms with E-state index in [2.05, 4.69) is 10.3 Å². The number of nitriles is 1. The molecule has 192 valence electrons. The van der Waals surface area contributed by atoms with Crippen LogP contribution in [0.4, 0.5) is 8.78 Å². The second kappa shape index (κ2) is 9.30. The van der Waals surface area contributed by atoms with E-state index in [9.17, 15) is 14.4 Å². The zero-order chi connectivity index (χ0) is 26.6. The van der Waals surface area contributed by atoms with Crippen molar-refractivity contribution in [3.63, 3.8) is 0 Å². The third-order valence-corrected chi connectivity index (χ3v) is 7.86.